The molecule has 1 N–H and O–H groups in total. The average Bonchev–Trinajstić information content (AvgIpc) is 2.44. The minimum atomic E-state index is -1.24. The van der Waals surface area contributed by atoms with Crippen LogP contribution in [-0.4, -0.2) is 29.8 Å². The summed E-state index contributed by atoms with van der Waals surface area (Å²) in [6, 6.07) is 1.83. The maximum Gasteiger partial charge on any atom is 0.512 e. The molecule has 14 heavy (non-hydrogen) atoms. The van der Waals surface area contributed by atoms with Crippen LogP contribution in [0.15, 0.2) is 6.07 Å². The topological polar surface area (TPSA) is 49.8 Å². The maximum absolute atomic E-state index is 10.3. The molecule has 0 aliphatic carbocycles. The standard InChI is InChI=1S/C9H11NO3S/c1-10-3-2-6-4-8(13-9(11)12)14-7(6)5-10/h4H,2-3,5H2,1H3,(H,11,12). The van der Waals surface area contributed by atoms with Crippen molar-refractivity contribution in [2.45, 2.75) is 13.0 Å². The van der Waals surface area contributed by atoms with Crippen LogP contribution in [0.1, 0.15) is 10.4 Å². The van der Waals surface area contributed by atoms with E-state index in [0.29, 0.717) is 5.06 Å². The molecule has 0 saturated heterocycles. The second kappa shape index (κ2) is 3.59. The van der Waals surface area contributed by atoms with Gasteiger partial charge in [-0.15, -0.1) is 11.3 Å². The first-order valence-corrected chi connectivity index (χ1v) is 5.17. The zero-order valence-corrected chi connectivity index (χ0v) is 8.63. The van der Waals surface area contributed by atoms with Gasteiger partial charge in [0.05, 0.1) is 0 Å². The monoisotopic (exact) mass is 213 g/mol. The molecule has 1 aliphatic rings. The van der Waals surface area contributed by atoms with Crippen LogP contribution >= 0.6 is 11.3 Å². The lowest BCUT2D eigenvalue weighted by Crippen LogP contribution is -2.24. The summed E-state index contributed by atoms with van der Waals surface area (Å²) in [4.78, 5) is 13.7. The average molecular weight is 213 g/mol. The largest absolute Gasteiger partial charge is 0.512 e. The molecule has 2 heterocycles. The van der Waals surface area contributed by atoms with Gasteiger partial charge in [0.1, 0.15) is 0 Å². The molecule has 0 unspecified atom stereocenters. The number of nitrogens with zero attached hydrogens (tertiary/aromatic N) is 1. The fourth-order valence-corrected chi connectivity index (χ4v) is 2.69. The minimum absolute atomic E-state index is 0.484. The summed E-state index contributed by atoms with van der Waals surface area (Å²) in [6.07, 6.45) is -0.261. The molecule has 1 aliphatic heterocycles. The van der Waals surface area contributed by atoms with Crippen LogP contribution in [-0.2, 0) is 13.0 Å². The number of hydrogen-bond donors (Lipinski definition) is 1. The van der Waals surface area contributed by atoms with Crippen LogP contribution in [0.2, 0.25) is 0 Å². The van der Waals surface area contributed by atoms with Crippen LogP contribution in [0, 0.1) is 0 Å². The molecular formula is C9H11NO3S. The molecular weight excluding hydrogens is 202 g/mol. The number of ether oxygens (including phenoxy) is 1. The van der Waals surface area contributed by atoms with Crippen LogP contribution in [0.5, 0.6) is 5.06 Å². The molecule has 0 fully saturated rings. The number of hydrogen-bond acceptors (Lipinski definition) is 4. The molecule has 0 spiro atoms. The second-order valence-electron chi connectivity index (χ2n) is 3.37. The van der Waals surface area contributed by atoms with E-state index in [9.17, 15) is 4.79 Å². The number of rotatable bonds is 1. The van der Waals surface area contributed by atoms with Crippen LogP contribution in [0.4, 0.5) is 4.79 Å². The molecule has 0 atom stereocenters. The highest BCUT2D eigenvalue weighted by Gasteiger charge is 2.18. The second-order valence-corrected chi connectivity index (χ2v) is 4.47. The van der Waals surface area contributed by atoms with Gasteiger partial charge in [0.25, 0.3) is 0 Å². The Bertz CT molecular complexity index is 361. The molecule has 0 radical (unpaired) electrons. The van der Waals surface area contributed by atoms with Gasteiger partial charge in [-0.05, 0) is 25.1 Å². The van der Waals surface area contributed by atoms with Gasteiger partial charge in [-0.2, -0.15) is 0 Å². The van der Waals surface area contributed by atoms with Gasteiger partial charge >= 0.3 is 6.16 Å². The number of carboxylic acid groups (broad SMARTS) is 1. The Morgan fingerprint density at radius 3 is 3.21 bits per heavy atom. The van der Waals surface area contributed by atoms with Crippen molar-refractivity contribution in [1.82, 2.24) is 4.90 Å². The van der Waals surface area contributed by atoms with Crippen molar-refractivity contribution in [2.24, 2.45) is 0 Å². The number of thiophene rings is 1. The highest BCUT2D eigenvalue weighted by Crippen LogP contribution is 2.32. The zero-order chi connectivity index (χ0) is 10.1. The lowest BCUT2D eigenvalue weighted by molar-refractivity contribution is 0.146. The van der Waals surface area contributed by atoms with Gasteiger partial charge in [-0.3, -0.25) is 0 Å². The van der Waals surface area contributed by atoms with Gasteiger partial charge < -0.3 is 14.7 Å². The third-order valence-electron chi connectivity index (χ3n) is 2.24. The number of likely N-dealkylation sites (N-methyl/N-ethyl adjacent to an activating group) is 1. The van der Waals surface area contributed by atoms with Crippen molar-refractivity contribution in [3.63, 3.8) is 0 Å². The Kier molecular flexibility index (Phi) is 2.43. The lowest BCUT2D eigenvalue weighted by Gasteiger charge is -2.21. The normalized spacial score (nSPS) is 16.4. The summed E-state index contributed by atoms with van der Waals surface area (Å²) < 4.78 is 4.62. The molecule has 2 rings (SSSR count). The van der Waals surface area contributed by atoms with Crippen molar-refractivity contribution in [1.29, 1.82) is 0 Å². The predicted octanol–water partition coefficient (Wildman–Crippen LogP) is 1.79. The van der Waals surface area contributed by atoms with Gasteiger partial charge in [-0.1, -0.05) is 0 Å². The van der Waals surface area contributed by atoms with Crippen molar-refractivity contribution in [2.75, 3.05) is 13.6 Å². The first kappa shape index (κ1) is 9.48. The third-order valence-corrected chi connectivity index (χ3v) is 3.28. The highest BCUT2D eigenvalue weighted by atomic mass is 32.1. The van der Waals surface area contributed by atoms with Gasteiger partial charge in [0.2, 0.25) is 0 Å². The van der Waals surface area contributed by atoms with E-state index in [1.165, 1.54) is 21.8 Å². The molecule has 0 saturated carbocycles. The first-order valence-electron chi connectivity index (χ1n) is 4.36. The number of fused-ring (bicyclic) bond motifs is 1. The summed E-state index contributed by atoms with van der Waals surface area (Å²) in [6.45, 7) is 1.92. The Morgan fingerprint density at radius 1 is 1.71 bits per heavy atom. The molecule has 5 heteroatoms. The Balaban J connectivity index is 2.19. The van der Waals surface area contributed by atoms with Gasteiger partial charge in [-0.25, -0.2) is 4.79 Å². The van der Waals surface area contributed by atoms with E-state index in [-0.39, 0.29) is 0 Å². The quantitative estimate of drug-likeness (QED) is 0.722. The summed E-state index contributed by atoms with van der Waals surface area (Å²) in [7, 11) is 2.06. The van der Waals surface area contributed by atoms with E-state index >= 15 is 0 Å². The zero-order valence-electron chi connectivity index (χ0n) is 7.82. The molecule has 76 valence electrons. The highest BCUT2D eigenvalue weighted by molar-refractivity contribution is 7.14. The summed E-state index contributed by atoms with van der Waals surface area (Å²) >= 11 is 1.42. The van der Waals surface area contributed by atoms with E-state index in [0.717, 1.165) is 19.5 Å². The van der Waals surface area contributed by atoms with Gasteiger partial charge in [0.15, 0.2) is 5.06 Å². The predicted molar refractivity (Wildman–Crippen MR) is 53.0 cm³/mol. The lowest BCUT2D eigenvalue weighted by atomic mass is 10.1. The summed E-state index contributed by atoms with van der Waals surface area (Å²) in [5, 5.41) is 8.94. The fourth-order valence-electron chi connectivity index (χ4n) is 1.56. The SMILES string of the molecule is CN1CCc2cc(OC(=O)O)sc2C1. The molecule has 0 bridgehead atoms. The Labute approximate surface area is 85.7 Å². The fraction of sp³-hybridized carbons (Fsp3) is 0.444. The summed E-state index contributed by atoms with van der Waals surface area (Å²) in [5.74, 6) is 0. The minimum Gasteiger partial charge on any atom is -0.449 e. The van der Waals surface area contributed by atoms with Gasteiger partial charge in [0, 0.05) is 18.0 Å². The maximum atomic E-state index is 10.3. The molecule has 1 aromatic rings. The van der Waals surface area contributed by atoms with Crippen LogP contribution in [0.25, 0.3) is 0 Å². The molecule has 0 aromatic carbocycles. The van der Waals surface area contributed by atoms with Crippen molar-refractivity contribution in [3.8, 4) is 5.06 Å². The van der Waals surface area contributed by atoms with Crippen molar-refractivity contribution >= 4 is 17.5 Å². The molecule has 4 nitrogen and oxygen atoms in total. The first-order chi connectivity index (χ1) is 6.65. The smallest absolute Gasteiger partial charge is 0.449 e. The molecule has 0 amide bonds. The van der Waals surface area contributed by atoms with E-state index in [2.05, 4.69) is 16.7 Å². The van der Waals surface area contributed by atoms with E-state index in [1.807, 2.05) is 6.07 Å². The van der Waals surface area contributed by atoms with E-state index in [4.69, 9.17) is 5.11 Å². The number of carbonyl (C=O) groups is 1. The Morgan fingerprint density at radius 2 is 2.50 bits per heavy atom. The van der Waals surface area contributed by atoms with Crippen LogP contribution in [0.3, 0.4) is 0 Å². The van der Waals surface area contributed by atoms with Crippen molar-refractivity contribution in [3.05, 3.63) is 16.5 Å². The van der Waals surface area contributed by atoms with Crippen molar-refractivity contribution < 1.29 is 14.6 Å². The summed E-state index contributed by atoms with van der Waals surface area (Å²) in [5.41, 5.74) is 1.23. The van der Waals surface area contributed by atoms with E-state index < -0.39 is 6.16 Å². The Hall–Kier alpha value is -1.07. The third kappa shape index (κ3) is 1.88. The van der Waals surface area contributed by atoms with E-state index in [1.54, 1.807) is 0 Å². The molecule has 1 aromatic heterocycles. The van der Waals surface area contributed by atoms with Crippen LogP contribution < -0.4 is 4.74 Å².